The number of para-hydroxylation sites is 1. The molecular weight excluding hydrogens is 450 g/mol. The van der Waals surface area contributed by atoms with Gasteiger partial charge in [-0.05, 0) is 94.8 Å². The lowest BCUT2D eigenvalue weighted by molar-refractivity contribution is 0.494. The number of fused-ring (bicyclic) bond motifs is 3. The van der Waals surface area contributed by atoms with Crippen LogP contribution in [0.3, 0.4) is 0 Å². The van der Waals surface area contributed by atoms with Gasteiger partial charge in [-0.3, -0.25) is 4.98 Å². The Labute approximate surface area is 217 Å². The number of aryl methyl sites for hydroxylation is 1. The minimum Gasteiger partial charge on any atom is -0.456 e. The van der Waals surface area contributed by atoms with Crippen molar-refractivity contribution in [2.24, 2.45) is 0 Å². The summed E-state index contributed by atoms with van der Waals surface area (Å²) in [6.07, 6.45) is 19.5. The minimum absolute atomic E-state index is 0.832. The van der Waals surface area contributed by atoms with E-state index in [0.717, 1.165) is 53.3 Å². The van der Waals surface area contributed by atoms with Gasteiger partial charge in [0.25, 0.3) is 0 Å². The van der Waals surface area contributed by atoms with Crippen LogP contribution in [0.1, 0.15) is 36.0 Å². The Morgan fingerprint density at radius 2 is 1.51 bits per heavy atom. The molecule has 0 bridgehead atoms. The number of pyridine rings is 1. The molecule has 2 heteroatoms. The fraction of sp³-hybridized carbons (Fsp3) is 0.114. The fourth-order valence-electron chi connectivity index (χ4n) is 5.77. The van der Waals surface area contributed by atoms with Crippen molar-refractivity contribution in [2.75, 3.05) is 0 Å². The Morgan fingerprint density at radius 1 is 0.703 bits per heavy atom. The molecule has 4 aromatic carbocycles. The van der Waals surface area contributed by atoms with E-state index in [4.69, 9.17) is 4.74 Å². The van der Waals surface area contributed by atoms with Gasteiger partial charge in [-0.15, -0.1) is 0 Å². The van der Waals surface area contributed by atoms with Crippen LogP contribution in [0.2, 0.25) is 0 Å². The first kappa shape index (κ1) is 21.8. The van der Waals surface area contributed by atoms with Crippen molar-refractivity contribution < 1.29 is 4.74 Å². The van der Waals surface area contributed by atoms with Crippen LogP contribution in [0.15, 0.2) is 109 Å². The first-order valence-electron chi connectivity index (χ1n) is 13.1. The minimum atomic E-state index is 0.832. The monoisotopic (exact) mass is 477 g/mol. The van der Waals surface area contributed by atoms with Gasteiger partial charge in [-0.25, -0.2) is 0 Å². The molecule has 0 saturated heterocycles. The van der Waals surface area contributed by atoms with Crippen molar-refractivity contribution in [1.82, 2.24) is 4.98 Å². The Bertz CT molecular complexity index is 1680. The predicted molar refractivity (Wildman–Crippen MR) is 155 cm³/mol. The molecule has 1 heterocycles. The van der Waals surface area contributed by atoms with E-state index in [1.165, 1.54) is 38.8 Å². The van der Waals surface area contributed by atoms with Gasteiger partial charge in [0, 0.05) is 28.6 Å². The molecule has 178 valence electrons. The molecule has 1 aromatic heterocycles. The lowest BCUT2D eigenvalue weighted by atomic mass is 9.82. The smallest absolute Gasteiger partial charge is 0.143 e. The number of rotatable bonds is 4. The molecule has 5 aromatic rings. The second-order valence-corrected chi connectivity index (χ2v) is 9.78. The van der Waals surface area contributed by atoms with Crippen LogP contribution >= 0.6 is 0 Å². The normalized spacial score (nSPS) is 14.5. The molecule has 37 heavy (non-hydrogen) atoms. The third-order valence-corrected chi connectivity index (χ3v) is 7.53. The zero-order valence-corrected chi connectivity index (χ0v) is 20.7. The molecule has 0 atom stereocenters. The van der Waals surface area contributed by atoms with E-state index < -0.39 is 0 Å². The average Bonchev–Trinajstić information content (AvgIpc) is 2.97. The Balaban J connectivity index is 1.57. The molecule has 7 rings (SSSR count). The number of allylic oxidation sites excluding steroid dienone is 5. The van der Waals surface area contributed by atoms with Gasteiger partial charge in [-0.2, -0.15) is 0 Å². The topological polar surface area (TPSA) is 22.1 Å². The van der Waals surface area contributed by atoms with Gasteiger partial charge in [0.1, 0.15) is 11.5 Å². The van der Waals surface area contributed by atoms with Crippen molar-refractivity contribution >= 4 is 33.2 Å². The summed E-state index contributed by atoms with van der Waals surface area (Å²) in [6.45, 7) is 0. The molecule has 0 unspecified atom stereocenters. The Hall–Kier alpha value is -4.43. The quantitative estimate of drug-likeness (QED) is 0.240. The summed E-state index contributed by atoms with van der Waals surface area (Å²) in [5.74, 6) is 1.71. The van der Waals surface area contributed by atoms with E-state index in [-0.39, 0.29) is 0 Å². The zero-order chi connectivity index (χ0) is 24.6. The number of nitrogens with zero attached hydrogens (tertiary/aromatic N) is 1. The van der Waals surface area contributed by atoms with Gasteiger partial charge < -0.3 is 4.74 Å². The van der Waals surface area contributed by atoms with E-state index in [2.05, 4.69) is 77.8 Å². The van der Waals surface area contributed by atoms with Gasteiger partial charge in [0.05, 0.1) is 0 Å². The maximum absolute atomic E-state index is 6.58. The van der Waals surface area contributed by atoms with Crippen molar-refractivity contribution in [3.05, 3.63) is 126 Å². The highest BCUT2D eigenvalue weighted by atomic mass is 16.5. The van der Waals surface area contributed by atoms with Gasteiger partial charge in [0.2, 0.25) is 0 Å². The van der Waals surface area contributed by atoms with Crippen LogP contribution in [0.25, 0.3) is 44.3 Å². The molecule has 2 aliphatic rings. The number of ether oxygens (including phenoxy) is 1. The van der Waals surface area contributed by atoms with Crippen LogP contribution < -0.4 is 4.74 Å². The summed E-state index contributed by atoms with van der Waals surface area (Å²) >= 11 is 0. The van der Waals surface area contributed by atoms with E-state index >= 15 is 0 Å². The first-order chi connectivity index (χ1) is 18.4. The van der Waals surface area contributed by atoms with Crippen LogP contribution in [-0.2, 0) is 6.42 Å². The maximum Gasteiger partial charge on any atom is 0.143 e. The van der Waals surface area contributed by atoms with Gasteiger partial charge in [0.15, 0.2) is 0 Å². The summed E-state index contributed by atoms with van der Waals surface area (Å²) < 4.78 is 6.58. The number of benzene rings is 4. The molecule has 0 fully saturated rings. The largest absolute Gasteiger partial charge is 0.456 e. The van der Waals surface area contributed by atoms with Crippen LogP contribution in [0.5, 0.6) is 11.5 Å². The summed E-state index contributed by atoms with van der Waals surface area (Å²) in [4.78, 5) is 4.59. The van der Waals surface area contributed by atoms with E-state index in [1.54, 1.807) is 0 Å². The van der Waals surface area contributed by atoms with Crippen LogP contribution in [-0.4, -0.2) is 4.98 Å². The summed E-state index contributed by atoms with van der Waals surface area (Å²) in [7, 11) is 0. The highest BCUT2D eigenvalue weighted by Crippen LogP contribution is 2.47. The molecule has 0 aliphatic heterocycles. The summed E-state index contributed by atoms with van der Waals surface area (Å²) in [5, 5.41) is 4.50. The molecule has 2 nitrogen and oxygen atoms in total. The highest BCUT2D eigenvalue weighted by molar-refractivity contribution is 6.18. The third-order valence-electron chi connectivity index (χ3n) is 7.53. The lowest BCUT2D eigenvalue weighted by Gasteiger charge is -2.23. The molecule has 0 N–H and O–H groups in total. The van der Waals surface area contributed by atoms with E-state index in [1.807, 2.05) is 42.7 Å². The molecule has 0 amide bonds. The second-order valence-electron chi connectivity index (χ2n) is 9.78. The zero-order valence-electron chi connectivity index (χ0n) is 20.7. The number of hydrogen-bond donors (Lipinski definition) is 0. The first-order valence-corrected chi connectivity index (χ1v) is 13.1. The Kier molecular flexibility index (Phi) is 5.44. The molecule has 0 spiro atoms. The molecule has 0 saturated carbocycles. The lowest BCUT2D eigenvalue weighted by Crippen LogP contribution is -2.01. The summed E-state index contributed by atoms with van der Waals surface area (Å²) in [5.41, 5.74) is 8.00. The van der Waals surface area contributed by atoms with Crippen molar-refractivity contribution in [3.63, 3.8) is 0 Å². The predicted octanol–water partition coefficient (Wildman–Crippen LogP) is 9.54. The highest BCUT2D eigenvalue weighted by Gasteiger charge is 2.22. The van der Waals surface area contributed by atoms with Gasteiger partial charge >= 0.3 is 0 Å². The van der Waals surface area contributed by atoms with Crippen LogP contribution in [0, 0.1) is 0 Å². The van der Waals surface area contributed by atoms with Crippen molar-refractivity contribution in [3.8, 4) is 22.6 Å². The Morgan fingerprint density at radius 3 is 2.38 bits per heavy atom. The molecule has 0 radical (unpaired) electrons. The number of hydrogen-bond acceptors (Lipinski definition) is 2. The molecule has 2 aliphatic carbocycles. The second kappa shape index (κ2) is 9.22. The third kappa shape index (κ3) is 3.86. The molecular formula is C35H27NO. The van der Waals surface area contributed by atoms with E-state index in [9.17, 15) is 0 Å². The van der Waals surface area contributed by atoms with Crippen molar-refractivity contribution in [2.45, 2.75) is 25.7 Å². The SMILES string of the molecule is C1=CCCC(c2cc3c(cc2-c2c4ccccc4c(Oc4ccccc4)c4ccncc24)CCC=C3)=C1. The summed E-state index contributed by atoms with van der Waals surface area (Å²) in [6, 6.07) is 25.6. The van der Waals surface area contributed by atoms with Crippen molar-refractivity contribution in [1.29, 1.82) is 0 Å². The fourth-order valence-corrected chi connectivity index (χ4v) is 5.77. The van der Waals surface area contributed by atoms with E-state index in [0.29, 0.717) is 0 Å². The average molecular weight is 478 g/mol. The van der Waals surface area contributed by atoms with Gasteiger partial charge in [-0.1, -0.05) is 72.8 Å². The maximum atomic E-state index is 6.58. The van der Waals surface area contributed by atoms with Crippen LogP contribution in [0.4, 0.5) is 0 Å². The standard InChI is InChI=1S/C35H27NO/c1-3-11-24(12-4-1)31-21-25-13-7-8-14-26(25)22-32(31)34-28-17-9-10-18-29(28)35(30-19-20-36-23-33(30)34)37-27-15-5-2-6-16-27/h1-3,5-7,9-11,13,15-23H,4,8,12,14H2. The number of aromatic nitrogens is 1.